The monoisotopic (exact) mass is 267 g/mol. The van der Waals surface area contributed by atoms with E-state index in [2.05, 4.69) is 50.5 Å². The van der Waals surface area contributed by atoms with Crippen LogP contribution < -0.4 is 5.32 Å². The summed E-state index contributed by atoms with van der Waals surface area (Å²) in [5.41, 5.74) is 3.99. The Labute approximate surface area is 115 Å². The molecule has 0 aliphatic rings. The largest absolute Gasteiger partial charge is 0.396 e. The Kier molecular flexibility index (Phi) is 6.76. The molecule has 0 aliphatic heterocycles. The smallest absolute Gasteiger partial charge is 0.0446 e. The van der Waals surface area contributed by atoms with E-state index in [0.29, 0.717) is 12.1 Å². The van der Waals surface area contributed by atoms with Crippen molar-refractivity contribution in [3.63, 3.8) is 0 Å². The molecule has 0 spiro atoms. The molecule has 1 rings (SSSR count). The van der Waals surface area contributed by atoms with Gasteiger partial charge in [0.2, 0.25) is 0 Å². The summed E-state index contributed by atoms with van der Waals surface area (Å²) in [6, 6.07) is 7.28. The highest BCUT2D eigenvalue weighted by atomic mass is 32.2. The zero-order valence-electron chi connectivity index (χ0n) is 11.9. The van der Waals surface area contributed by atoms with Gasteiger partial charge in [-0.15, -0.1) is 0 Å². The second kappa shape index (κ2) is 7.82. The molecule has 0 saturated heterocycles. The van der Waals surface area contributed by atoms with Crippen LogP contribution in [-0.2, 0) is 0 Å². The number of nitrogens with one attached hydrogen (secondary N) is 1. The van der Waals surface area contributed by atoms with Crippen LogP contribution in [0.4, 0.5) is 0 Å². The molecule has 0 aromatic heterocycles. The van der Waals surface area contributed by atoms with Crippen LogP contribution in [0.1, 0.15) is 36.1 Å². The van der Waals surface area contributed by atoms with Crippen LogP contribution in [0.3, 0.4) is 0 Å². The molecule has 2 nitrogen and oxygen atoms in total. The number of benzene rings is 1. The van der Waals surface area contributed by atoms with Gasteiger partial charge >= 0.3 is 0 Å². The lowest BCUT2D eigenvalue weighted by Crippen LogP contribution is -2.34. The van der Waals surface area contributed by atoms with Crippen molar-refractivity contribution < 1.29 is 5.11 Å². The molecular weight excluding hydrogens is 242 g/mol. The number of thioether (sulfide) groups is 1. The third-order valence-electron chi connectivity index (χ3n) is 3.23. The third kappa shape index (κ3) is 4.63. The van der Waals surface area contributed by atoms with Crippen LogP contribution in [0, 0.1) is 13.8 Å². The highest BCUT2D eigenvalue weighted by Gasteiger charge is 2.14. The number of hydrogen-bond donors (Lipinski definition) is 2. The quantitative estimate of drug-likeness (QED) is 0.796. The Balaban J connectivity index is 2.73. The Morgan fingerprint density at radius 1 is 1.33 bits per heavy atom. The summed E-state index contributed by atoms with van der Waals surface area (Å²) in [4.78, 5) is 0. The lowest BCUT2D eigenvalue weighted by molar-refractivity contribution is 0.265. The first-order valence-corrected chi connectivity index (χ1v) is 7.90. The Morgan fingerprint density at radius 3 is 2.67 bits per heavy atom. The molecule has 18 heavy (non-hydrogen) atoms. The first kappa shape index (κ1) is 15.5. The molecule has 0 saturated carbocycles. The van der Waals surface area contributed by atoms with Crippen molar-refractivity contribution in [2.24, 2.45) is 0 Å². The van der Waals surface area contributed by atoms with E-state index in [1.54, 1.807) is 0 Å². The zero-order valence-corrected chi connectivity index (χ0v) is 12.7. The minimum atomic E-state index is 0.248. The molecule has 0 amide bonds. The molecule has 0 bridgehead atoms. The van der Waals surface area contributed by atoms with E-state index in [9.17, 15) is 0 Å². The van der Waals surface area contributed by atoms with Gasteiger partial charge in [0.15, 0.2) is 0 Å². The van der Waals surface area contributed by atoms with E-state index in [1.807, 2.05) is 11.8 Å². The summed E-state index contributed by atoms with van der Waals surface area (Å²) in [5.74, 6) is 1.04. The average molecular weight is 267 g/mol. The van der Waals surface area contributed by atoms with Crippen molar-refractivity contribution in [2.45, 2.75) is 39.3 Å². The molecule has 2 unspecified atom stereocenters. The van der Waals surface area contributed by atoms with E-state index in [4.69, 9.17) is 5.11 Å². The van der Waals surface area contributed by atoms with Gasteiger partial charge in [0, 0.05) is 24.4 Å². The number of hydrogen-bond acceptors (Lipinski definition) is 3. The maximum atomic E-state index is 9.10. The van der Waals surface area contributed by atoms with E-state index in [-0.39, 0.29) is 6.61 Å². The first-order valence-electron chi connectivity index (χ1n) is 6.51. The molecule has 0 aliphatic carbocycles. The molecule has 0 radical (unpaired) electrons. The fraction of sp³-hybridized carbons (Fsp3) is 0.600. The maximum Gasteiger partial charge on any atom is 0.0446 e. The van der Waals surface area contributed by atoms with E-state index in [0.717, 1.165) is 12.2 Å². The van der Waals surface area contributed by atoms with Crippen molar-refractivity contribution in [1.82, 2.24) is 5.32 Å². The second-order valence-electron chi connectivity index (χ2n) is 4.91. The second-order valence-corrected chi connectivity index (χ2v) is 5.82. The highest BCUT2D eigenvalue weighted by molar-refractivity contribution is 7.98. The van der Waals surface area contributed by atoms with Crippen LogP contribution in [-0.4, -0.2) is 29.8 Å². The normalized spacial score (nSPS) is 14.5. The predicted octanol–water partition coefficient (Wildman–Crippen LogP) is 3.07. The van der Waals surface area contributed by atoms with Crippen LogP contribution in [0.15, 0.2) is 18.2 Å². The summed E-state index contributed by atoms with van der Waals surface area (Å²) in [6.45, 7) is 6.73. The summed E-state index contributed by atoms with van der Waals surface area (Å²) < 4.78 is 0. The number of aliphatic hydroxyl groups excluding tert-OH is 1. The van der Waals surface area contributed by atoms with Crippen molar-refractivity contribution in [3.8, 4) is 0 Å². The van der Waals surface area contributed by atoms with Crippen LogP contribution in [0.2, 0.25) is 0 Å². The van der Waals surface area contributed by atoms with Crippen molar-refractivity contribution in [1.29, 1.82) is 0 Å². The first-order chi connectivity index (χ1) is 8.58. The standard InChI is InChI=1S/C15H25NOS/c1-11-5-6-12(2)15(9-11)13(3)16-14(7-8-17)10-18-4/h5-6,9,13-14,16-17H,7-8,10H2,1-4H3. The number of rotatable bonds is 7. The average Bonchev–Trinajstić information content (AvgIpc) is 2.33. The van der Waals surface area contributed by atoms with E-state index >= 15 is 0 Å². The lowest BCUT2D eigenvalue weighted by Gasteiger charge is -2.24. The van der Waals surface area contributed by atoms with Gasteiger partial charge in [-0.2, -0.15) is 11.8 Å². The topological polar surface area (TPSA) is 32.3 Å². The Hall–Kier alpha value is -0.510. The van der Waals surface area contributed by atoms with Crippen LogP contribution in [0.5, 0.6) is 0 Å². The van der Waals surface area contributed by atoms with Gasteiger partial charge in [0.05, 0.1) is 0 Å². The predicted molar refractivity (Wildman–Crippen MR) is 81.3 cm³/mol. The minimum Gasteiger partial charge on any atom is -0.396 e. The summed E-state index contributed by atoms with van der Waals surface area (Å²) in [7, 11) is 0. The molecule has 0 fully saturated rings. The van der Waals surface area contributed by atoms with Gasteiger partial charge in [-0.05, 0) is 44.6 Å². The van der Waals surface area contributed by atoms with Crippen molar-refractivity contribution >= 4 is 11.8 Å². The Bertz CT molecular complexity index is 362. The molecule has 1 aromatic carbocycles. The molecule has 102 valence electrons. The van der Waals surface area contributed by atoms with Crippen LogP contribution in [0.25, 0.3) is 0 Å². The van der Waals surface area contributed by atoms with E-state index in [1.165, 1.54) is 16.7 Å². The number of aryl methyl sites for hydroxylation is 2. The SMILES string of the molecule is CSCC(CCO)NC(C)c1cc(C)ccc1C. The van der Waals surface area contributed by atoms with Crippen molar-refractivity contribution in [3.05, 3.63) is 34.9 Å². The number of aliphatic hydroxyl groups is 1. The fourth-order valence-corrected chi connectivity index (χ4v) is 2.91. The van der Waals surface area contributed by atoms with E-state index < -0.39 is 0 Å². The van der Waals surface area contributed by atoms with Gasteiger partial charge in [0.1, 0.15) is 0 Å². The molecule has 3 heteroatoms. The van der Waals surface area contributed by atoms with Gasteiger partial charge in [-0.1, -0.05) is 23.8 Å². The van der Waals surface area contributed by atoms with Gasteiger partial charge in [0.25, 0.3) is 0 Å². The minimum absolute atomic E-state index is 0.248. The Morgan fingerprint density at radius 2 is 2.06 bits per heavy atom. The van der Waals surface area contributed by atoms with Crippen LogP contribution >= 0.6 is 11.8 Å². The molecular formula is C15H25NOS. The van der Waals surface area contributed by atoms with Gasteiger partial charge < -0.3 is 10.4 Å². The highest BCUT2D eigenvalue weighted by Crippen LogP contribution is 2.20. The fourth-order valence-electron chi connectivity index (χ4n) is 2.24. The van der Waals surface area contributed by atoms with Gasteiger partial charge in [-0.3, -0.25) is 0 Å². The third-order valence-corrected chi connectivity index (χ3v) is 3.97. The maximum absolute atomic E-state index is 9.10. The summed E-state index contributed by atoms with van der Waals surface area (Å²) >= 11 is 1.82. The molecule has 1 aromatic rings. The zero-order chi connectivity index (χ0) is 13.5. The lowest BCUT2D eigenvalue weighted by atomic mass is 9.99. The summed E-state index contributed by atoms with van der Waals surface area (Å²) in [6.07, 6.45) is 2.92. The molecule has 2 atom stereocenters. The molecule has 2 N–H and O–H groups in total. The van der Waals surface area contributed by atoms with Crippen molar-refractivity contribution in [2.75, 3.05) is 18.6 Å². The molecule has 0 heterocycles. The van der Waals surface area contributed by atoms with Gasteiger partial charge in [-0.25, -0.2) is 0 Å². The summed E-state index contributed by atoms with van der Waals surface area (Å²) in [5, 5.41) is 12.7.